The third-order valence-electron chi connectivity index (χ3n) is 2.09. The maximum Gasteiger partial charge on any atom is 0.173 e. The molecule has 1 N–H and O–H groups in total. The van der Waals surface area contributed by atoms with Gasteiger partial charge in [-0.1, -0.05) is 0 Å². The van der Waals surface area contributed by atoms with Crippen molar-refractivity contribution in [3.8, 4) is 0 Å². The van der Waals surface area contributed by atoms with Crippen LogP contribution in [0.4, 0.5) is 5.69 Å². The molecule has 0 aromatic heterocycles. The number of thioether (sulfide) groups is 1. The lowest BCUT2D eigenvalue weighted by atomic mass is 10.3. The molecule has 0 aliphatic carbocycles. The van der Waals surface area contributed by atoms with Crippen LogP contribution in [-0.2, 0) is 9.47 Å². The highest BCUT2D eigenvalue weighted by Gasteiger charge is 2.03. The Balaban J connectivity index is 2.43. The van der Waals surface area contributed by atoms with Crippen LogP contribution in [0.15, 0.2) is 29.2 Å². The number of ether oxygens (including phenoxy) is 2. The quantitative estimate of drug-likeness (QED) is 0.597. The second kappa shape index (κ2) is 6.71. The zero-order valence-electron chi connectivity index (χ0n) is 9.32. The second-order valence-corrected chi connectivity index (χ2v) is 3.89. The minimum atomic E-state index is -0.203. The van der Waals surface area contributed by atoms with Crippen LogP contribution in [0.5, 0.6) is 0 Å². The standard InChI is InChI=1S/C11H17NO2S/c1-13-11(14-2)8-12-9-4-6-10(15-3)7-5-9/h4-7,11-12H,8H2,1-3H3. The van der Waals surface area contributed by atoms with Crippen molar-refractivity contribution in [2.45, 2.75) is 11.2 Å². The highest BCUT2D eigenvalue weighted by Crippen LogP contribution is 2.17. The van der Waals surface area contributed by atoms with Crippen LogP contribution in [0.1, 0.15) is 0 Å². The number of hydrogen-bond donors (Lipinski definition) is 1. The number of methoxy groups -OCH3 is 2. The Kier molecular flexibility index (Phi) is 5.53. The maximum absolute atomic E-state index is 5.08. The summed E-state index contributed by atoms with van der Waals surface area (Å²) in [6, 6.07) is 8.27. The lowest BCUT2D eigenvalue weighted by Gasteiger charge is -2.14. The first-order chi connectivity index (χ1) is 7.30. The van der Waals surface area contributed by atoms with E-state index < -0.39 is 0 Å². The Morgan fingerprint density at radius 1 is 1.20 bits per heavy atom. The van der Waals surface area contributed by atoms with Crippen molar-refractivity contribution < 1.29 is 9.47 Å². The Morgan fingerprint density at radius 3 is 2.27 bits per heavy atom. The molecule has 0 spiro atoms. The van der Waals surface area contributed by atoms with Crippen LogP contribution in [0.3, 0.4) is 0 Å². The molecule has 0 aliphatic heterocycles. The van der Waals surface area contributed by atoms with Gasteiger partial charge in [0.1, 0.15) is 0 Å². The van der Waals surface area contributed by atoms with Crippen molar-refractivity contribution in [1.82, 2.24) is 0 Å². The molecule has 3 nitrogen and oxygen atoms in total. The van der Waals surface area contributed by atoms with Gasteiger partial charge in [-0.05, 0) is 30.5 Å². The summed E-state index contributed by atoms with van der Waals surface area (Å²) in [4.78, 5) is 1.26. The molecule has 0 radical (unpaired) electrons. The SMILES string of the molecule is COC(CNc1ccc(SC)cc1)OC. The predicted molar refractivity (Wildman–Crippen MR) is 64.5 cm³/mol. The van der Waals surface area contributed by atoms with E-state index in [1.807, 2.05) is 12.1 Å². The van der Waals surface area contributed by atoms with Crippen molar-refractivity contribution >= 4 is 17.4 Å². The van der Waals surface area contributed by atoms with Crippen LogP contribution in [0.25, 0.3) is 0 Å². The first kappa shape index (κ1) is 12.4. The van der Waals surface area contributed by atoms with E-state index in [1.165, 1.54) is 4.90 Å². The summed E-state index contributed by atoms with van der Waals surface area (Å²) in [5, 5.41) is 3.24. The smallest absolute Gasteiger partial charge is 0.173 e. The van der Waals surface area contributed by atoms with E-state index in [2.05, 4.69) is 23.7 Å². The van der Waals surface area contributed by atoms with Crippen LogP contribution in [0, 0.1) is 0 Å². The molecule has 1 aromatic carbocycles. The van der Waals surface area contributed by atoms with E-state index in [1.54, 1.807) is 26.0 Å². The van der Waals surface area contributed by atoms with Crippen molar-refractivity contribution in [1.29, 1.82) is 0 Å². The number of hydrogen-bond acceptors (Lipinski definition) is 4. The third kappa shape index (κ3) is 4.11. The van der Waals surface area contributed by atoms with E-state index in [0.29, 0.717) is 6.54 Å². The lowest BCUT2D eigenvalue weighted by Crippen LogP contribution is -2.23. The summed E-state index contributed by atoms with van der Waals surface area (Å²) in [6.07, 6.45) is 1.86. The zero-order valence-corrected chi connectivity index (χ0v) is 10.1. The fraction of sp³-hybridized carbons (Fsp3) is 0.455. The van der Waals surface area contributed by atoms with Crippen LogP contribution >= 0.6 is 11.8 Å². The molecular weight excluding hydrogens is 210 g/mol. The summed E-state index contributed by atoms with van der Waals surface area (Å²) in [5.74, 6) is 0. The summed E-state index contributed by atoms with van der Waals surface area (Å²) < 4.78 is 10.2. The van der Waals surface area contributed by atoms with Gasteiger partial charge in [0.2, 0.25) is 0 Å². The van der Waals surface area contributed by atoms with E-state index in [4.69, 9.17) is 9.47 Å². The van der Waals surface area contributed by atoms with E-state index >= 15 is 0 Å². The largest absolute Gasteiger partial charge is 0.380 e. The molecular formula is C11H17NO2S. The molecule has 0 aliphatic rings. The fourth-order valence-electron chi connectivity index (χ4n) is 1.17. The van der Waals surface area contributed by atoms with Gasteiger partial charge in [-0.25, -0.2) is 0 Å². The van der Waals surface area contributed by atoms with Crippen molar-refractivity contribution in [3.05, 3.63) is 24.3 Å². The molecule has 1 rings (SSSR count). The summed E-state index contributed by atoms with van der Waals surface area (Å²) in [7, 11) is 3.26. The van der Waals surface area contributed by atoms with Crippen LogP contribution < -0.4 is 5.32 Å². The summed E-state index contributed by atoms with van der Waals surface area (Å²) in [5.41, 5.74) is 1.08. The molecule has 0 saturated carbocycles. The van der Waals surface area contributed by atoms with Gasteiger partial charge < -0.3 is 14.8 Å². The van der Waals surface area contributed by atoms with Gasteiger partial charge >= 0.3 is 0 Å². The molecule has 0 bridgehead atoms. The van der Waals surface area contributed by atoms with E-state index in [-0.39, 0.29) is 6.29 Å². The highest BCUT2D eigenvalue weighted by molar-refractivity contribution is 7.98. The third-order valence-corrected chi connectivity index (χ3v) is 2.83. The average Bonchev–Trinajstić information content (AvgIpc) is 2.31. The molecule has 0 fully saturated rings. The van der Waals surface area contributed by atoms with Gasteiger partial charge in [0.15, 0.2) is 6.29 Å². The van der Waals surface area contributed by atoms with Crippen LogP contribution in [0.2, 0.25) is 0 Å². The van der Waals surface area contributed by atoms with Gasteiger partial charge in [0.25, 0.3) is 0 Å². The van der Waals surface area contributed by atoms with Crippen molar-refractivity contribution in [3.63, 3.8) is 0 Å². The van der Waals surface area contributed by atoms with Crippen molar-refractivity contribution in [2.75, 3.05) is 32.3 Å². The van der Waals surface area contributed by atoms with Crippen molar-refractivity contribution in [2.24, 2.45) is 0 Å². The number of anilines is 1. The first-order valence-corrected chi connectivity index (χ1v) is 5.96. The lowest BCUT2D eigenvalue weighted by molar-refractivity contribution is -0.0914. The Hall–Kier alpha value is -0.710. The molecule has 0 amide bonds. The molecule has 0 atom stereocenters. The number of nitrogens with one attached hydrogen (secondary N) is 1. The van der Waals surface area contributed by atoms with Gasteiger partial charge in [0.05, 0.1) is 6.54 Å². The molecule has 4 heteroatoms. The normalized spacial score (nSPS) is 10.7. The molecule has 1 aromatic rings. The van der Waals surface area contributed by atoms with Crippen LogP contribution in [-0.4, -0.2) is 33.3 Å². The molecule has 0 heterocycles. The fourth-order valence-corrected chi connectivity index (χ4v) is 1.58. The highest BCUT2D eigenvalue weighted by atomic mass is 32.2. The van der Waals surface area contributed by atoms with Gasteiger partial charge in [-0.3, -0.25) is 0 Å². The minimum Gasteiger partial charge on any atom is -0.380 e. The molecule has 0 unspecified atom stereocenters. The summed E-state index contributed by atoms with van der Waals surface area (Å²) >= 11 is 1.73. The van der Waals surface area contributed by atoms with E-state index in [0.717, 1.165) is 5.69 Å². The molecule has 0 saturated heterocycles. The van der Waals surface area contributed by atoms with E-state index in [9.17, 15) is 0 Å². The summed E-state index contributed by atoms with van der Waals surface area (Å²) in [6.45, 7) is 0.644. The average molecular weight is 227 g/mol. The van der Waals surface area contributed by atoms with Gasteiger partial charge in [0, 0.05) is 24.8 Å². The van der Waals surface area contributed by atoms with Gasteiger partial charge in [-0.15, -0.1) is 11.8 Å². The monoisotopic (exact) mass is 227 g/mol. The Bertz CT molecular complexity index is 272. The van der Waals surface area contributed by atoms with Gasteiger partial charge in [-0.2, -0.15) is 0 Å². The minimum absolute atomic E-state index is 0.203. The first-order valence-electron chi connectivity index (χ1n) is 4.73. The Morgan fingerprint density at radius 2 is 1.80 bits per heavy atom. The maximum atomic E-state index is 5.08. The Labute approximate surface area is 95.2 Å². The zero-order chi connectivity index (χ0) is 11.1. The molecule has 84 valence electrons. The second-order valence-electron chi connectivity index (χ2n) is 3.01. The molecule has 15 heavy (non-hydrogen) atoms. The number of rotatable bonds is 6. The number of benzene rings is 1. The topological polar surface area (TPSA) is 30.5 Å². The predicted octanol–water partition coefficient (Wildman–Crippen LogP) is 2.44.